The van der Waals surface area contributed by atoms with Crippen LogP contribution in [0.15, 0.2) is 30.8 Å². The molecule has 4 aliphatic rings. The van der Waals surface area contributed by atoms with Gasteiger partial charge in [-0.05, 0) is 74.0 Å². The molecule has 0 amide bonds. The lowest BCUT2D eigenvalue weighted by Crippen LogP contribution is -2.53. The molecule has 4 bridgehead atoms. The van der Waals surface area contributed by atoms with Crippen LogP contribution < -0.4 is 4.74 Å². The van der Waals surface area contributed by atoms with Crippen LogP contribution in [0.3, 0.4) is 0 Å². The van der Waals surface area contributed by atoms with Gasteiger partial charge in [-0.3, -0.25) is 0 Å². The van der Waals surface area contributed by atoms with Crippen LogP contribution in [-0.4, -0.2) is 11.8 Å². The maximum Gasteiger partial charge on any atom is 0.514 e. The van der Waals surface area contributed by atoms with E-state index in [-0.39, 0.29) is 5.60 Å². The average molecular weight is 298 g/mol. The fourth-order valence-corrected chi connectivity index (χ4v) is 5.12. The normalized spacial score (nSPS) is 35.2. The van der Waals surface area contributed by atoms with Gasteiger partial charge in [0.2, 0.25) is 0 Å². The minimum absolute atomic E-state index is 0.243. The van der Waals surface area contributed by atoms with E-state index in [4.69, 9.17) is 9.47 Å². The number of benzene rings is 1. The van der Waals surface area contributed by atoms with Gasteiger partial charge in [0, 0.05) is 0 Å². The van der Waals surface area contributed by atoms with Crippen LogP contribution in [0.5, 0.6) is 5.75 Å². The Bertz CT molecular complexity index is 552. The van der Waals surface area contributed by atoms with Crippen LogP contribution in [0.2, 0.25) is 0 Å². The quantitative estimate of drug-likeness (QED) is 0.593. The lowest BCUT2D eigenvalue weighted by atomic mass is 9.54. The Labute approximate surface area is 131 Å². The van der Waals surface area contributed by atoms with Crippen molar-refractivity contribution in [2.75, 3.05) is 0 Å². The molecule has 1 aromatic carbocycles. The zero-order valence-corrected chi connectivity index (χ0v) is 12.8. The predicted octanol–water partition coefficient (Wildman–Crippen LogP) is 4.81. The van der Waals surface area contributed by atoms with Crippen LogP contribution in [0.1, 0.15) is 44.1 Å². The maximum atomic E-state index is 12.2. The van der Waals surface area contributed by atoms with Crippen molar-refractivity contribution in [3.8, 4) is 5.75 Å². The fraction of sp³-hybridized carbons (Fsp3) is 0.526. The number of carbonyl (C=O) groups excluding carboxylic acids is 1. The number of rotatable bonds is 3. The third-order valence-corrected chi connectivity index (χ3v) is 5.60. The van der Waals surface area contributed by atoms with E-state index in [1.165, 1.54) is 19.3 Å². The van der Waals surface area contributed by atoms with Gasteiger partial charge in [0.05, 0.1) is 0 Å². The first-order valence-corrected chi connectivity index (χ1v) is 8.27. The number of carbonyl (C=O) groups is 1. The number of hydrogen-bond acceptors (Lipinski definition) is 3. The van der Waals surface area contributed by atoms with Crippen LogP contribution in [-0.2, 0) is 4.74 Å². The number of ether oxygens (including phenoxy) is 2. The molecule has 1 aromatic rings. The van der Waals surface area contributed by atoms with E-state index in [2.05, 4.69) is 6.58 Å². The van der Waals surface area contributed by atoms with E-state index in [9.17, 15) is 4.79 Å². The molecule has 3 nitrogen and oxygen atoms in total. The van der Waals surface area contributed by atoms with E-state index in [1.54, 1.807) is 18.2 Å². The maximum absolute atomic E-state index is 12.2. The summed E-state index contributed by atoms with van der Waals surface area (Å²) in [6.07, 6.45) is 8.31. The molecule has 0 aliphatic heterocycles. The smallest absolute Gasteiger partial charge is 0.427 e. The van der Waals surface area contributed by atoms with Crippen LogP contribution in [0.4, 0.5) is 4.79 Å². The Hall–Kier alpha value is -1.77. The molecular weight excluding hydrogens is 276 g/mol. The van der Waals surface area contributed by atoms with Crippen molar-refractivity contribution in [1.82, 2.24) is 0 Å². The summed E-state index contributed by atoms with van der Waals surface area (Å²) >= 11 is 0. The topological polar surface area (TPSA) is 35.5 Å². The van der Waals surface area contributed by atoms with Crippen molar-refractivity contribution in [3.63, 3.8) is 0 Å². The lowest BCUT2D eigenvalue weighted by Gasteiger charge is -2.55. The molecular formula is C19H22O3. The van der Waals surface area contributed by atoms with E-state index >= 15 is 0 Å². The van der Waals surface area contributed by atoms with Gasteiger partial charge in [0.25, 0.3) is 0 Å². The summed E-state index contributed by atoms with van der Waals surface area (Å²) in [6.45, 7) is 3.71. The van der Waals surface area contributed by atoms with Crippen molar-refractivity contribution >= 4 is 12.2 Å². The second kappa shape index (κ2) is 5.15. The summed E-state index contributed by atoms with van der Waals surface area (Å²) in [4.78, 5) is 12.2. The highest BCUT2D eigenvalue weighted by Crippen LogP contribution is 2.57. The lowest BCUT2D eigenvalue weighted by molar-refractivity contribution is -0.135. The highest BCUT2D eigenvalue weighted by Gasteiger charge is 2.53. The van der Waals surface area contributed by atoms with E-state index in [1.807, 2.05) is 12.1 Å². The van der Waals surface area contributed by atoms with Gasteiger partial charge in [-0.25, -0.2) is 4.79 Å². The molecule has 5 rings (SSSR count). The summed E-state index contributed by atoms with van der Waals surface area (Å²) in [5.41, 5.74) is 0.759. The molecule has 4 fully saturated rings. The minimum Gasteiger partial charge on any atom is -0.427 e. The molecule has 4 saturated carbocycles. The molecule has 0 radical (unpaired) electrons. The molecule has 0 saturated heterocycles. The van der Waals surface area contributed by atoms with Gasteiger partial charge in [0.15, 0.2) is 0 Å². The Kier molecular flexibility index (Phi) is 3.24. The molecule has 0 heterocycles. The molecule has 0 aromatic heterocycles. The highest BCUT2D eigenvalue weighted by molar-refractivity contribution is 5.65. The van der Waals surface area contributed by atoms with Crippen LogP contribution in [0.25, 0.3) is 6.08 Å². The zero-order valence-electron chi connectivity index (χ0n) is 12.8. The molecule has 0 N–H and O–H groups in total. The monoisotopic (exact) mass is 298 g/mol. The second-order valence-corrected chi connectivity index (χ2v) is 7.33. The Morgan fingerprint density at radius 1 is 1.05 bits per heavy atom. The third kappa shape index (κ3) is 2.53. The van der Waals surface area contributed by atoms with Gasteiger partial charge >= 0.3 is 6.16 Å². The molecule has 3 heteroatoms. The third-order valence-electron chi connectivity index (χ3n) is 5.60. The molecule has 22 heavy (non-hydrogen) atoms. The summed E-state index contributed by atoms with van der Waals surface area (Å²) < 4.78 is 11.2. The van der Waals surface area contributed by atoms with Gasteiger partial charge in [0.1, 0.15) is 11.4 Å². The summed E-state index contributed by atoms with van der Waals surface area (Å²) in [7, 11) is 0. The first kappa shape index (κ1) is 13.9. The summed E-state index contributed by atoms with van der Waals surface area (Å²) in [6, 6.07) is 7.30. The molecule has 0 spiro atoms. The number of hydrogen-bond donors (Lipinski definition) is 0. The van der Waals surface area contributed by atoms with Crippen molar-refractivity contribution in [1.29, 1.82) is 0 Å². The fourth-order valence-electron chi connectivity index (χ4n) is 5.12. The summed E-state index contributed by atoms with van der Waals surface area (Å²) in [5, 5.41) is 0. The highest BCUT2D eigenvalue weighted by atomic mass is 16.7. The molecule has 0 unspecified atom stereocenters. The van der Waals surface area contributed by atoms with Crippen molar-refractivity contribution in [2.45, 2.75) is 44.1 Å². The van der Waals surface area contributed by atoms with E-state index in [0.717, 1.165) is 42.6 Å². The molecule has 0 atom stereocenters. The van der Waals surface area contributed by atoms with Gasteiger partial charge < -0.3 is 9.47 Å². The molecule has 4 aliphatic carbocycles. The first-order chi connectivity index (χ1) is 10.6. The Morgan fingerprint density at radius 2 is 1.59 bits per heavy atom. The van der Waals surface area contributed by atoms with Crippen molar-refractivity contribution in [3.05, 3.63) is 36.4 Å². The minimum atomic E-state index is -0.548. The Balaban J connectivity index is 1.42. The van der Waals surface area contributed by atoms with Gasteiger partial charge in [-0.2, -0.15) is 0 Å². The van der Waals surface area contributed by atoms with E-state index < -0.39 is 6.16 Å². The van der Waals surface area contributed by atoms with Gasteiger partial charge in [-0.15, -0.1) is 0 Å². The van der Waals surface area contributed by atoms with Gasteiger partial charge in [-0.1, -0.05) is 24.8 Å². The second-order valence-electron chi connectivity index (χ2n) is 7.33. The average Bonchev–Trinajstić information content (AvgIpc) is 2.45. The Morgan fingerprint density at radius 3 is 2.09 bits per heavy atom. The zero-order chi connectivity index (χ0) is 15.2. The largest absolute Gasteiger partial charge is 0.514 e. The van der Waals surface area contributed by atoms with E-state index in [0.29, 0.717) is 5.75 Å². The predicted molar refractivity (Wildman–Crippen MR) is 84.5 cm³/mol. The first-order valence-electron chi connectivity index (χ1n) is 8.27. The summed E-state index contributed by atoms with van der Waals surface area (Å²) in [5.74, 6) is 2.79. The van der Waals surface area contributed by atoms with Crippen molar-refractivity contribution in [2.24, 2.45) is 17.8 Å². The van der Waals surface area contributed by atoms with Crippen LogP contribution in [0, 0.1) is 17.8 Å². The standard InChI is InChI=1S/C19H22O3/c1-2-13-3-5-17(6-4-13)21-18(20)22-19-10-14-7-15(11-19)9-16(8-14)12-19/h2-6,14-16H,1,7-12H2. The van der Waals surface area contributed by atoms with Crippen molar-refractivity contribution < 1.29 is 14.3 Å². The molecule has 116 valence electrons. The van der Waals surface area contributed by atoms with Crippen LogP contribution >= 0.6 is 0 Å². The SMILES string of the molecule is C=Cc1ccc(OC(=O)OC23CC4CC(CC(C4)C2)C3)cc1.